The number of hydrogen-bond acceptors (Lipinski definition) is 4. The molecule has 0 radical (unpaired) electrons. The molecule has 0 aliphatic rings. The smallest absolute Gasteiger partial charge is 0.162 e. The molecule has 0 unspecified atom stereocenters. The first-order chi connectivity index (χ1) is 8.83. The molecule has 0 aliphatic heterocycles. The minimum Gasteiger partial charge on any atom is -0.493 e. The second kappa shape index (κ2) is 6.02. The number of nitrogens with zero attached hydrogens (tertiary/aromatic N) is 1. The maximum absolute atomic E-state index is 9.10. The average molecular weight is 245 g/mol. The number of ether oxygens (including phenoxy) is 2. The molecule has 0 spiro atoms. The molecule has 0 atom stereocenters. The van der Waals surface area contributed by atoms with Crippen LogP contribution in [0.5, 0.6) is 11.5 Å². The Morgan fingerprint density at radius 1 is 1.17 bits per heavy atom. The number of hydrogen-bond donors (Lipinski definition) is 1. The molecule has 1 aromatic carbocycles. The van der Waals surface area contributed by atoms with Gasteiger partial charge in [0.25, 0.3) is 0 Å². The van der Waals surface area contributed by atoms with E-state index < -0.39 is 0 Å². The number of pyridine rings is 1. The van der Waals surface area contributed by atoms with E-state index in [0.29, 0.717) is 18.1 Å². The lowest BCUT2D eigenvalue weighted by atomic mass is 10.2. The molecule has 0 saturated heterocycles. The van der Waals surface area contributed by atoms with Crippen molar-refractivity contribution < 1.29 is 14.6 Å². The van der Waals surface area contributed by atoms with Crippen LogP contribution in [0.25, 0.3) is 0 Å². The first-order valence-electron chi connectivity index (χ1n) is 5.63. The highest BCUT2D eigenvalue weighted by Gasteiger charge is 2.05. The summed E-state index contributed by atoms with van der Waals surface area (Å²) in [6.07, 6.45) is 3.47. The summed E-state index contributed by atoms with van der Waals surface area (Å²) in [6, 6.07) is 9.16. The third kappa shape index (κ3) is 2.99. The highest BCUT2D eigenvalue weighted by molar-refractivity contribution is 5.42. The zero-order chi connectivity index (χ0) is 12.8. The normalized spacial score (nSPS) is 10.1. The van der Waals surface area contributed by atoms with Crippen molar-refractivity contribution in [2.45, 2.75) is 13.2 Å². The van der Waals surface area contributed by atoms with Gasteiger partial charge in [-0.15, -0.1) is 0 Å². The van der Waals surface area contributed by atoms with Crippen molar-refractivity contribution in [3.63, 3.8) is 0 Å². The molecule has 4 nitrogen and oxygen atoms in total. The van der Waals surface area contributed by atoms with Crippen molar-refractivity contribution in [3.8, 4) is 11.5 Å². The third-order valence-electron chi connectivity index (χ3n) is 2.53. The van der Waals surface area contributed by atoms with E-state index in [0.717, 1.165) is 11.1 Å². The summed E-state index contributed by atoms with van der Waals surface area (Å²) in [4.78, 5) is 4.02. The largest absolute Gasteiger partial charge is 0.493 e. The number of rotatable bonds is 5. The monoisotopic (exact) mass is 245 g/mol. The predicted octanol–water partition coefficient (Wildman–Crippen LogP) is 2.16. The second-order valence-corrected chi connectivity index (χ2v) is 3.79. The van der Waals surface area contributed by atoms with Gasteiger partial charge in [0, 0.05) is 18.0 Å². The zero-order valence-corrected chi connectivity index (χ0v) is 10.2. The lowest BCUT2D eigenvalue weighted by Gasteiger charge is -2.11. The summed E-state index contributed by atoms with van der Waals surface area (Å²) in [5, 5.41) is 9.10. The zero-order valence-electron chi connectivity index (χ0n) is 10.2. The first-order valence-corrected chi connectivity index (χ1v) is 5.63. The molecule has 0 aliphatic carbocycles. The molecule has 0 fully saturated rings. The molecular weight excluding hydrogens is 230 g/mol. The van der Waals surface area contributed by atoms with E-state index in [9.17, 15) is 0 Å². The Labute approximate surface area is 106 Å². The fourth-order valence-electron chi connectivity index (χ4n) is 1.58. The Kier molecular flexibility index (Phi) is 4.15. The molecule has 4 heteroatoms. The van der Waals surface area contributed by atoms with Crippen LogP contribution in [0.3, 0.4) is 0 Å². The van der Waals surface area contributed by atoms with E-state index >= 15 is 0 Å². The van der Waals surface area contributed by atoms with Crippen LogP contribution in [0.15, 0.2) is 42.7 Å². The lowest BCUT2D eigenvalue weighted by Crippen LogP contribution is -1.99. The third-order valence-corrected chi connectivity index (χ3v) is 2.53. The van der Waals surface area contributed by atoms with Crippen LogP contribution < -0.4 is 9.47 Å². The van der Waals surface area contributed by atoms with Gasteiger partial charge in [-0.3, -0.25) is 4.98 Å². The van der Waals surface area contributed by atoms with E-state index in [4.69, 9.17) is 14.6 Å². The van der Waals surface area contributed by atoms with Crippen molar-refractivity contribution in [2.24, 2.45) is 0 Å². The average Bonchev–Trinajstić information content (AvgIpc) is 2.45. The summed E-state index contributed by atoms with van der Waals surface area (Å²) in [6.45, 7) is 0.395. The van der Waals surface area contributed by atoms with Crippen molar-refractivity contribution in [1.29, 1.82) is 0 Å². The number of aliphatic hydroxyl groups is 1. The molecule has 2 rings (SSSR count). The van der Waals surface area contributed by atoms with Crippen LogP contribution in [0, 0.1) is 0 Å². The number of aliphatic hydroxyl groups excluding tert-OH is 1. The van der Waals surface area contributed by atoms with E-state index in [1.54, 1.807) is 37.7 Å². The second-order valence-electron chi connectivity index (χ2n) is 3.79. The fraction of sp³-hybridized carbons (Fsp3) is 0.214. The Hall–Kier alpha value is -2.07. The maximum atomic E-state index is 9.10. The van der Waals surface area contributed by atoms with Gasteiger partial charge in [0.15, 0.2) is 11.5 Å². The minimum absolute atomic E-state index is 0.0206. The van der Waals surface area contributed by atoms with Gasteiger partial charge in [0.1, 0.15) is 6.61 Å². The minimum atomic E-state index is -0.0206. The van der Waals surface area contributed by atoms with E-state index in [1.165, 1.54) is 0 Å². The van der Waals surface area contributed by atoms with Gasteiger partial charge in [-0.05, 0) is 23.8 Å². The van der Waals surface area contributed by atoms with Crippen LogP contribution in [-0.4, -0.2) is 17.2 Å². The first kappa shape index (κ1) is 12.4. The number of methoxy groups -OCH3 is 1. The Balaban J connectivity index is 2.12. The predicted molar refractivity (Wildman–Crippen MR) is 67.5 cm³/mol. The molecule has 0 bridgehead atoms. The number of benzene rings is 1. The van der Waals surface area contributed by atoms with Crippen LogP contribution in [0.2, 0.25) is 0 Å². The van der Waals surface area contributed by atoms with Crippen molar-refractivity contribution in [2.75, 3.05) is 7.11 Å². The standard InChI is InChI=1S/C14H15NO3/c1-17-13-5-4-11(9-16)7-14(13)18-10-12-3-2-6-15-8-12/h2-8,16H,9-10H2,1H3. The molecule has 1 aromatic heterocycles. The number of aromatic nitrogens is 1. The summed E-state index contributed by atoms with van der Waals surface area (Å²) in [5.74, 6) is 1.27. The van der Waals surface area contributed by atoms with Gasteiger partial charge in [-0.2, -0.15) is 0 Å². The Morgan fingerprint density at radius 3 is 2.72 bits per heavy atom. The van der Waals surface area contributed by atoms with Gasteiger partial charge in [0.05, 0.1) is 13.7 Å². The summed E-state index contributed by atoms with van der Waals surface area (Å²) in [7, 11) is 1.59. The highest BCUT2D eigenvalue weighted by Crippen LogP contribution is 2.28. The molecule has 0 amide bonds. The Bertz CT molecular complexity index is 500. The van der Waals surface area contributed by atoms with E-state index in [1.807, 2.05) is 12.1 Å². The van der Waals surface area contributed by atoms with Crippen LogP contribution >= 0.6 is 0 Å². The van der Waals surface area contributed by atoms with Crippen LogP contribution in [0.4, 0.5) is 0 Å². The van der Waals surface area contributed by atoms with E-state index in [2.05, 4.69) is 4.98 Å². The molecule has 2 aromatic rings. The quantitative estimate of drug-likeness (QED) is 0.877. The lowest BCUT2D eigenvalue weighted by molar-refractivity contribution is 0.271. The molecule has 18 heavy (non-hydrogen) atoms. The fourth-order valence-corrected chi connectivity index (χ4v) is 1.58. The molecule has 1 N–H and O–H groups in total. The highest BCUT2D eigenvalue weighted by atomic mass is 16.5. The van der Waals surface area contributed by atoms with Crippen molar-refractivity contribution >= 4 is 0 Å². The van der Waals surface area contributed by atoms with Crippen molar-refractivity contribution in [3.05, 3.63) is 53.9 Å². The molecule has 1 heterocycles. The summed E-state index contributed by atoms with van der Waals surface area (Å²) < 4.78 is 10.9. The summed E-state index contributed by atoms with van der Waals surface area (Å²) in [5.41, 5.74) is 1.77. The van der Waals surface area contributed by atoms with Crippen molar-refractivity contribution in [1.82, 2.24) is 4.98 Å². The maximum Gasteiger partial charge on any atom is 0.162 e. The Morgan fingerprint density at radius 2 is 2.06 bits per heavy atom. The van der Waals surface area contributed by atoms with Crippen LogP contribution in [0.1, 0.15) is 11.1 Å². The summed E-state index contributed by atoms with van der Waals surface area (Å²) >= 11 is 0. The van der Waals surface area contributed by atoms with E-state index in [-0.39, 0.29) is 6.61 Å². The van der Waals surface area contributed by atoms with Gasteiger partial charge in [0.2, 0.25) is 0 Å². The topological polar surface area (TPSA) is 51.6 Å². The van der Waals surface area contributed by atoms with Crippen LogP contribution in [-0.2, 0) is 13.2 Å². The van der Waals surface area contributed by atoms with Gasteiger partial charge >= 0.3 is 0 Å². The molecule has 0 saturated carbocycles. The van der Waals surface area contributed by atoms with Gasteiger partial charge in [-0.1, -0.05) is 12.1 Å². The SMILES string of the molecule is COc1ccc(CO)cc1OCc1cccnc1. The molecular formula is C14H15NO3. The van der Waals surface area contributed by atoms with Gasteiger partial charge in [-0.25, -0.2) is 0 Å². The van der Waals surface area contributed by atoms with Gasteiger partial charge < -0.3 is 14.6 Å². The molecule has 94 valence electrons.